The highest BCUT2D eigenvalue weighted by atomic mass is 35.5. The molecular weight excluding hydrogens is 276 g/mol. The van der Waals surface area contributed by atoms with Crippen LogP contribution in [0, 0.1) is 12.8 Å². The smallest absolute Gasteiger partial charge is 0.0940 e. The van der Waals surface area contributed by atoms with Crippen LogP contribution in [0.2, 0.25) is 5.02 Å². The van der Waals surface area contributed by atoms with Gasteiger partial charge in [-0.25, -0.2) is 0 Å². The Bertz CT molecular complexity index is 483. The van der Waals surface area contributed by atoms with E-state index in [4.69, 9.17) is 21.1 Å². The summed E-state index contributed by atoms with van der Waals surface area (Å²) in [6.45, 7) is 4.06. The molecule has 3 rings (SSSR count). The molecule has 3 nitrogen and oxygen atoms in total. The number of ether oxygens (including phenoxy) is 2. The monoisotopic (exact) mass is 296 g/mol. The summed E-state index contributed by atoms with van der Waals surface area (Å²) in [6.07, 6.45) is 2.12. The number of hydrogen-bond donors (Lipinski definition) is 1. The van der Waals surface area contributed by atoms with E-state index >= 15 is 0 Å². The Morgan fingerprint density at radius 2 is 2.25 bits per heavy atom. The first-order chi connectivity index (χ1) is 9.61. The van der Waals surface area contributed by atoms with Crippen LogP contribution in [-0.2, 0) is 9.47 Å². The second-order valence-electron chi connectivity index (χ2n) is 6.01. The third-order valence-corrected chi connectivity index (χ3v) is 5.10. The van der Waals surface area contributed by atoms with Gasteiger partial charge in [0.25, 0.3) is 0 Å². The van der Waals surface area contributed by atoms with Gasteiger partial charge in [0.15, 0.2) is 0 Å². The Hall–Kier alpha value is -0.610. The van der Waals surface area contributed by atoms with Gasteiger partial charge in [-0.05, 0) is 36.8 Å². The highest BCUT2D eigenvalue weighted by Crippen LogP contribution is 2.42. The molecule has 2 heterocycles. The maximum atomic E-state index is 10.7. The van der Waals surface area contributed by atoms with Crippen molar-refractivity contribution in [1.82, 2.24) is 0 Å². The predicted octanol–water partition coefficient (Wildman–Crippen LogP) is 3.27. The van der Waals surface area contributed by atoms with Crippen molar-refractivity contribution in [2.24, 2.45) is 5.92 Å². The summed E-state index contributed by atoms with van der Waals surface area (Å²) >= 11 is 6.34. The number of halogens is 1. The lowest BCUT2D eigenvalue weighted by atomic mass is 9.80. The normalized spacial score (nSPS) is 31.6. The van der Waals surface area contributed by atoms with Gasteiger partial charge in [0.2, 0.25) is 0 Å². The maximum absolute atomic E-state index is 10.7. The fraction of sp³-hybridized carbons (Fsp3) is 0.625. The van der Waals surface area contributed by atoms with Gasteiger partial charge in [0.1, 0.15) is 0 Å². The van der Waals surface area contributed by atoms with E-state index < -0.39 is 6.10 Å². The second kappa shape index (κ2) is 5.64. The van der Waals surface area contributed by atoms with Crippen LogP contribution in [0.15, 0.2) is 18.2 Å². The third-order valence-electron chi connectivity index (χ3n) is 4.59. The molecule has 0 aromatic heterocycles. The molecule has 2 saturated heterocycles. The van der Waals surface area contributed by atoms with E-state index in [0.717, 1.165) is 37.0 Å². The molecule has 2 aliphatic heterocycles. The van der Waals surface area contributed by atoms with Gasteiger partial charge in [0.05, 0.1) is 18.3 Å². The van der Waals surface area contributed by atoms with Crippen LogP contribution in [0.5, 0.6) is 0 Å². The molecular formula is C16H21ClO3. The van der Waals surface area contributed by atoms with Gasteiger partial charge < -0.3 is 14.6 Å². The van der Waals surface area contributed by atoms with Crippen LogP contribution in [0.1, 0.15) is 36.5 Å². The van der Waals surface area contributed by atoms with Crippen molar-refractivity contribution in [3.63, 3.8) is 0 Å². The Morgan fingerprint density at radius 3 is 3.00 bits per heavy atom. The molecule has 3 atom stereocenters. The maximum Gasteiger partial charge on any atom is 0.0940 e. The highest BCUT2D eigenvalue weighted by Gasteiger charge is 2.43. The number of hydrogen-bond acceptors (Lipinski definition) is 3. The summed E-state index contributed by atoms with van der Waals surface area (Å²) in [5.41, 5.74) is 1.67. The fourth-order valence-electron chi connectivity index (χ4n) is 3.35. The Labute approximate surface area is 124 Å². The highest BCUT2D eigenvalue weighted by molar-refractivity contribution is 6.32. The van der Waals surface area contributed by atoms with Gasteiger partial charge in [-0.2, -0.15) is 0 Å². The largest absolute Gasteiger partial charge is 0.388 e. The molecule has 2 fully saturated rings. The van der Waals surface area contributed by atoms with Gasteiger partial charge in [-0.3, -0.25) is 0 Å². The fourth-order valence-corrected chi connectivity index (χ4v) is 3.59. The zero-order valence-electron chi connectivity index (χ0n) is 11.8. The topological polar surface area (TPSA) is 38.7 Å². The minimum Gasteiger partial charge on any atom is -0.388 e. The molecule has 4 heteroatoms. The molecule has 2 aliphatic rings. The molecule has 1 aromatic carbocycles. The van der Waals surface area contributed by atoms with E-state index in [1.165, 1.54) is 0 Å². The SMILES string of the molecule is Cc1cccc(C(O)C2CCOC3(CCOC3)C2)c1Cl. The first-order valence-electron chi connectivity index (χ1n) is 7.26. The van der Waals surface area contributed by atoms with Crippen molar-refractivity contribution >= 4 is 11.6 Å². The molecule has 1 spiro atoms. The molecule has 0 amide bonds. The summed E-state index contributed by atoms with van der Waals surface area (Å²) in [6, 6.07) is 5.84. The van der Waals surface area contributed by atoms with Crippen LogP contribution in [0.4, 0.5) is 0 Å². The summed E-state index contributed by atoms with van der Waals surface area (Å²) in [5.74, 6) is 0.185. The molecule has 0 radical (unpaired) electrons. The zero-order valence-corrected chi connectivity index (χ0v) is 12.5. The van der Waals surface area contributed by atoms with Gasteiger partial charge in [-0.15, -0.1) is 0 Å². The molecule has 20 heavy (non-hydrogen) atoms. The molecule has 0 saturated carbocycles. The lowest BCUT2D eigenvalue weighted by Crippen LogP contribution is -2.41. The average Bonchev–Trinajstić information content (AvgIpc) is 2.89. The quantitative estimate of drug-likeness (QED) is 0.910. The first kappa shape index (κ1) is 14.3. The summed E-state index contributed by atoms with van der Waals surface area (Å²) in [4.78, 5) is 0. The van der Waals surface area contributed by atoms with Crippen LogP contribution in [-0.4, -0.2) is 30.5 Å². The molecule has 0 bridgehead atoms. The number of rotatable bonds is 2. The molecule has 1 aromatic rings. The summed E-state index contributed by atoms with van der Waals surface area (Å²) in [5, 5.41) is 11.4. The average molecular weight is 297 g/mol. The second-order valence-corrected chi connectivity index (χ2v) is 6.39. The van der Waals surface area contributed by atoms with Crippen molar-refractivity contribution in [3.05, 3.63) is 34.3 Å². The first-order valence-corrected chi connectivity index (χ1v) is 7.64. The molecule has 110 valence electrons. The lowest BCUT2D eigenvalue weighted by Gasteiger charge is -2.39. The van der Waals surface area contributed by atoms with E-state index in [0.29, 0.717) is 18.2 Å². The number of aryl methyl sites for hydroxylation is 1. The van der Waals surface area contributed by atoms with Crippen LogP contribution in [0.3, 0.4) is 0 Å². The van der Waals surface area contributed by atoms with Crippen LogP contribution in [0.25, 0.3) is 0 Å². The van der Waals surface area contributed by atoms with Crippen molar-refractivity contribution in [3.8, 4) is 0 Å². The Kier molecular flexibility index (Phi) is 4.04. The van der Waals surface area contributed by atoms with Crippen molar-refractivity contribution in [2.75, 3.05) is 19.8 Å². The number of benzene rings is 1. The number of aliphatic hydroxyl groups excluding tert-OH is 1. The summed E-state index contributed by atoms with van der Waals surface area (Å²) < 4.78 is 11.4. The number of aliphatic hydroxyl groups is 1. The van der Waals surface area contributed by atoms with E-state index in [2.05, 4.69) is 0 Å². The van der Waals surface area contributed by atoms with Gasteiger partial charge in [0, 0.05) is 24.7 Å². The van der Waals surface area contributed by atoms with Gasteiger partial charge in [-0.1, -0.05) is 29.8 Å². The van der Waals surface area contributed by atoms with Crippen LogP contribution >= 0.6 is 11.6 Å². The van der Waals surface area contributed by atoms with Gasteiger partial charge >= 0.3 is 0 Å². The predicted molar refractivity (Wildman–Crippen MR) is 78.0 cm³/mol. The van der Waals surface area contributed by atoms with Crippen molar-refractivity contribution in [1.29, 1.82) is 0 Å². The van der Waals surface area contributed by atoms with Crippen LogP contribution < -0.4 is 0 Å². The van der Waals surface area contributed by atoms with Crippen molar-refractivity contribution < 1.29 is 14.6 Å². The Morgan fingerprint density at radius 1 is 1.40 bits per heavy atom. The molecule has 1 N–H and O–H groups in total. The van der Waals surface area contributed by atoms with E-state index in [9.17, 15) is 5.11 Å². The zero-order chi connectivity index (χ0) is 14.2. The third kappa shape index (κ3) is 2.60. The molecule has 0 aliphatic carbocycles. The van der Waals surface area contributed by atoms with E-state index in [-0.39, 0.29) is 11.5 Å². The minimum atomic E-state index is -0.524. The van der Waals surface area contributed by atoms with E-state index in [1.807, 2.05) is 25.1 Å². The van der Waals surface area contributed by atoms with Crippen molar-refractivity contribution in [2.45, 2.75) is 37.9 Å². The Balaban J connectivity index is 1.79. The standard InChI is InChI=1S/C16H21ClO3/c1-11-3-2-4-13(14(11)17)15(18)12-5-7-20-16(9-12)6-8-19-10-16/h2-4,12,15,18H,5-10H2,1H3. The minimum absolute atomic E-state index is 0.180. The molecule has 3 unspecified atom stereocenters. The van der Waals surface area contributed by atoms with E-state index in [1.54, 1.807) is 0 Å². The lowest BCUT2D eigenvalue weighted by molar-refractivity contribution is -0.117. The summed E-state index contributed by atoms with van der Waals surface area (Å²) in [7, 11) is 0.